The second-order valence-electron chi connectivity index (χ2n) is 3.78. The summed E-state index contributed by atoms with van der Waals surface area (Å²) in [6, 6.07) is 0. The van der Waals surface area contributed by atoms with Gasteiger partial charge in [0.2, 0.25) is 5.89 Å². The quantitative estimate of drug-likeness (QED) is 0.662. The van der Waals surface area contributed by atoms with Gasteiger partial charge in [-0.2, -0.15) is 4.98 Å². The molecule has 0 amide bonds. The molecular formula is C7H13N3O. The second-order valence-corrected chi connectivity index (χ2v) is 3.78. The van der Waals surface area contributed by atoms with E-state index in [4.69, 9.17) is 10.3 Å². The van der Waals surface area contributed by atoms with Crippen LogP contribution >= 0.6 is 0 Å². The van der Waals surface area contributed by atoms with E-state index in [-0.39, 0.29) is 11.4 Å². The highest BCUT2D eigenvalue weighted by atomic mass is 16.5. The Balaban J connectivity index is 2.65. The smallest absolute Gasteiger partial charge is 0.260 e. The molecule has 4 heteroatoms. The summed E-state index contributed by atoms with van der Waals surface area (Å²) in [7, 11) is 0. The second kappa shape index (κ2) is 2.53. The third kappa shape index (κ3) is 2.57. The number of nitrogens with zero attached hydrogens (tertiary/aromatic N) is 2. The molecule has 0 spiro atoms. The van der Waals surface area contributed by atoms with Crippen LogP contribution in [0, 0.1) is 5.41 Å². The molecule has 0 fully saturated rings. The predicted octanol–water partition coefficient (Wildman–Crippen LogP) is 1.24. The monoisotopic (exact) mass is 155 g/mol. The van der Waals surface area contributed by atoms with Gasteiger partial charge in [0.25, 0.3) is 5.95 Å². The summed E-state index contributed by atoms with van der Waals surface area (Å²) < 4.78 is 4.85. The lowest BCUT2D eigenvalue weighted by molar-refractivity contribution is 0.314. The van der Waals surface area contributed by atoms with E-state index in [1.807, 2.05) is 0 Å². The van der Waals surface area contributed by atoms with Gasteiger partial charge in [-0.25, -0.2) is 0 Å². The van der Waals surface area contributed by atoms with Gasteiger partial charge in [-0.3, -0.25) is 0 Å². The van der Waals surface area contributed by atoms with Crippen molar-refractivity contribution in [1.29, 1.82) is 0 Å². The van der Waals surface area contributed by atoms with Crippen molar-refractivity contribution >= 4 is 5.95 Å². The van der Waals surface area contributed by atoms with E-state index in [1.165, 1.54) is 0 Å². The molecule has 62 valence electrons. The van der Waals surface area contributed by atoms with Crippen LogP contribution in [0.15, 0.2) is 4.52 Å². The van der Waals surface area contributed by atoms with E-state index in [2.05, 4.69) is 30.9 Å². The average Bonchev–Trinajstić information content (AvgIpc) is 2.10. The standard InChI is InChI=1S/C7H13N3O/c1-7(2,3)4-5-9-6(8)10-11-5/h4H2,1-3H3,(H2,8,10). The molecular weight excluding hydrogens is 142 g/mol. The van der Waals surface area contributed by atoms with Crippen LogP contribution < -0.4 is 5.73 Å². The lowest BCUT2D eigenvalue weighted by Crippen LogP contribution is -2.09. The zero-order valence-electron chi connectivity index (χ0n) is 7.09. The minimum atomic E-state index is 0.166. The fraction of sp³-hybridized carbons (Fsp3) is 0.714. The Bertz CT molecular complexity index is 236. The molecule has 1 rings (SSSR count). The molecule has 0 aliphatic heterocycles. The SMILES string of the molecule is CC(C)(C)Cc1nc(N)no1. The summed E-state index contributed by atoms with van der Waals surface area (Å²) >= 11 is 0. The molecule has 1 aromatic heterocycles. The molecule has 2 N–H and O–H groups in total. The van der Waals surface area contributed by atoms with E-state index in [9.17, 15) is 0 Å². The van der Waals surface area contributed by atoms with Crippen LogP contribution in [0.2, 0.25) is 0 Å². The first-order chi connectivity index (χ1) is 4.97. The summed E-state index contributed by atoms with van der Waals surface area (Å²) in [4.78, 5) is 3.90. The third-order valence-electron chi connectivity index (χ3n) is 1.17. The topological polar surface area (TPSA) is 64.9 Å². The first kappa shape index (κ1) is 8.04. The summed E-state index contributed by atoms with van der Waals surface area (Å²) in [5.74, 6) is 0.819. The van der Waals surface area contributed by atoms with Gasteiger partial charge in [-0.05, 0) is 10.6 Å². The highest BCUT2D eigenvalue weighted by Gasteiger charge is 2.15. The van der Waals surface area contributed by atoms with Gasteiger partial charge in [-0.1, -0.05) is 20.8 Å². The van der Waals surface area contributed by atoms with Gasteiger partial charge in [0.15, 0.2) is 0 Å². The van der Waals surface area contributed by atoms with Crippen molar-refractivity contribution in [2.75, 3.05) is 5.73 Å². The first-order valence-electron chi connectivity index (χ1n) is 3.55. The van der Waals surface area contributed by atoms with Crippen LogP contribution in [0.25, 0.3) is 0 Å². The van der Waals surface area contributed by atoms with Gasteiger partial charge >= 0.3 is 0 Å². The van der Waals surface area contributed by atoms with Gasteiger partial charge < -0.3 is 10.3 Å². The molecule has 0 saturated heterocycles. The fourth-order valence-electron chi connectivity index (χ4n) is 0.794. The largest absolute Gasteiger partial charge is 0.365 e. The summed E-state index contributed by atoms with van der Waals surface area (Å²) in [5, 5.41) is 3.49. The van der Waals surface area contributed by atoms with Crippen LogP contribution in [0.3, 0.4) is 0 Å². The molecule has 0 radical (unpaired) electrons. The minimum Gasteiger partial charge on any atom is -0.365 e. The maximum absolute atomic E-state index is 5.28. The summed E-state index contributed by atoms with van der Waals surface area (Å²) in [5.41, 5.74) is 5.45. The molecule has 0 atom stereocenters. The predicted molar refractivity (Wildman–Crippen MR) is 41.9 cm³/mol. The first-order valence-corrected chi connectivity index (χ1v) is 3.55. The van der Waals surface area contributed by atoms with Crippen LogP contribution in [0.1, 0.15) is 26.7 Å². The zero-order chi connectivity index (χ0) is 8.48. The van der Waals surface area contributed by atoms with Crippen molar-refractivity contribution in [2.45, 2.75) is 27.2 Å². The lowest BCUT2D eigenvalue weighted by Gasteiger charge is -2.13. The molecule has 1 aromatic rings. The normalized spacial score (nSPS) is 11.9. The molecule has 0 bridgehead atoms. The Hall–Kier alpha value is -1.06. The molecule has 0 unspecified atom stereocenters. The molecule has 0 saturated carbocycles. The highest BCUT2D eigenvalue weighted by molar-refractivity contribution is 5.10. The number of aromatic nitrogens is 2. The van der Waals surface area contributed by atoms with Crippen molar-refractivity contribution in [3.8, 4) is 0 Å². The summed E-state index contributed by atoms with van der Waals surface area (Å²) in [6.45, 7) is 6.31. The molecule has 4 nitrogen and oxygen atoms in total. The van der Waals surface area contributed by atoms with E-state index >= 15 is 0 Å². The Kier molecular flexibility index (Phi) is 1.85. The van der Waals surface area contributed by atoms with Crippen molar-refractivity contribution in [3.05, 3.63) is 5.89 Å². The fourth-order valence-corrected chi connectivity index (χ4v) is 0.794. The highest BCUT2D eigenvalue weighted by Crippen LogP contribution is 2.19. The van der Waals surface area contributed by atoms with Crippen LogP contribution in [-0.4, -0.2) is 10.1 Å². The third-order valence-corrected chi connectivity index (χ3v) is 1.17. The molecule has 1 heterocycles. The van der Waals surface area contributed by atoms with E-state index < -0.39 is 0 Å². The Labute approximate surface area is 65.8 Å². The van der Waals surface area contributed by atoms with E-state index in [1.54, 1.807) is 0 Å². The Morgan fingerprint density at radius 1 is 1.45 bits per heavy atom. The molecule has 11 heavy (non-hydrogen) atoms. The van der Waals surface area contributed by atoms with E-state index in [0.29, 0.717) is 5.89 Å². The maximum atomic E-state index is 5.28. The molecule has 0 aliphatic rings. The zero-order valence-corrected chi connectivity index (χ0v) is 7.09. The van der Waals surface area contributed by atoms with Gasteiger partial charge in [0.1, 0.15) is 0 Å². The number of nitrogens with two attached hydrogens (primary N) is 1. The van der Waals surface area contributed by atoms with Crippen LogP contribution in [0.4, 0.5) is 5.95 Å². The number of hydrogen-bond donors (Lipinski definition) is 1. The van der Waals surface area contributed by atoms with Gasteiger partial charge in [0.05, 0.1) is 0 Å². The average molecular weight is 155 g/mol. The Morgan fingerprint density at radius 3 is 2.45 bits per heavy atom. The maximum Gasteiger partial charge on any atom is 0.260 e. The summed E-state index contributed by atoms with van der Waals surface area (Å²) in [6.07, 6.45) is 0.761. The van der Waals surface area contributed by atoms with Crippen LogP contribution in [0.5, 0.6) is 0 Å². The number of anilines is 1. The van der Waals surface area contributed by atoms with Crippen molar-refractivity contribution in [3.63, 3.8) is 0 Å². The van der Waals surface area contributed by atoms with Crippen molar-refractivity contribution < 1.29 is 4.52 Å². The van der Waals surface area contributed by atoms with Gasteiger partial charge in [0, 0.05) is 6.42 Å². The van der Waals surface area contributed by atoms with Crippen molar-refractivity contribution in [1.82, 2.24) is 10.1 Å². The minimum absolute atomic E-state index is 0.166. The lowest BCUT2D eigenvalue weighted by atomic mass is 9.92. The number of rotatable bonds is 1. The number of nitrogen functional groups attached to an aromatic ring is 1. The van der Waals surface area contributed by atoms with Crippen molar-refractivity contribution in [2.24, 2.45) is 5.41 Å². The van der Waals surface area contributed by atoms with E-state index in [0.717, 1.165) is 6.42 Å². The van der Waals surface area contributed by atoms with Crippen LogP contribution in [-0.2, 0) is 6.42 Å². The Morgan fingerprint density at radius 2 is 2.09 bits per heavy atom. The molecule has 0 aromatic carbocycles. The number of hydrogen-bond acceptors (Lipinski definition) is 4. The molecule has 0 aliphatic carbocycles. The van der Waals surface area contributed by atoms with Gasteiger partial charge in [-0.15, -0.1) is 0 Å².